The number of ether oxygens (including phenoxy) is 2. The number of nitrogens with zero attached hydrogens (tertiary/aromatic N) is 5. The Labute approximate surface area is 202 Å². The van der Waals surface area contributed by atoms with Crippen LogP contribution < -0.4 is 4.90 Å². The minimum absolute atomic E-state index is 0.123. The Bertz CT molecular complexity index is 765. The fourth-order valence-corrected chi connectivity index (χ4v) is 6.27. The topological polar surface area (TPSA) is 46.0 Å². The molecule has 1 atom stereocenters. The van der Waals surface area contributed by atoms with Gasteiger partial charge in [0.1, 0.15) is 6.73 Å². The van der Waals surface area contributed by atoms with E-state index in [0.29, 0.717) is 12.8 Å². The molecule has 188 valence electrons. The largest absolute Gasteiger partial charge is 0.378 e. The van der Waals surface area contributed by atoms with Gasteiger partial charge in [0.25, 0.3) is 0 Å². The summed E-state index contributed by atoms with van der Waals surface area (Å²) >= 11 is 0. The van der Waals surface area contributed by atoms with Crippen molar-refractivity contribution in [2.24, 2.45) is 5.92 Å². The highest BCUT2D eigenvalue weighted by Gasteiger charge is 2.37. The van der Waals surface area contributed by atoms with Crippen LogP contribution in [-0.4, -0.2) is 98.3 Å². The Morgan fingerprint density at radius 1 is 1.12 bits per heavy atom. The maximum atomic E-state index is 5.96. The van der Waals surface area contributed by atoms with Crippen molar-refractivity contribution in [1.29, 1.82) is 0 Å². The standard InChI is InChI=1S/C25H47N5O2Si/c1-21-15-24(26-30(21)20-31-13-14-33(4,5)6)29-8-7-22(16-25(29,2)3)17-27-9-11-28(12-10-27)23-18-32-19-23/h15,22-23H,7-14,16-20H2,1-6H3. The van der Waals surface area contributed by atoms with Crippen molar-refractivity contribution in [3.8, 4) is 0 Å². The van der Waals surface area contributed by atoms with Crippen molar-refractivity contribution < 1.29 is 9.47 Å². The van der Waals surface area contributed by atoms with Gasteiger partial charge < -0.3 is 19.3 Å². The quantitative estimate of drug-likeness (QED) is 0.401. The predicted molar refractivity (Wildman–Crippen MR) is 138 cm³/mol. The third kappa shape index (κ3) is 6.60. The summed E-state index contributed by atoms with van der Waals surface area (Å²) in [6.45, 7) is 24.5. The number of piperidine rings is 1. The molecule has 4 heterocycles. The molecule has 3 saturated heterocycles. The maximum Gasteiger partial charge on any atom is 0.151 e. The molecule has 33 heavy (non-hydrogen) atoms. The van der Waals surface area contributed by atoms with Crippen LogP contribution in [0, 0.1) is 12.8 Å². The van der Waals surface area contributed by atoms with Crippen molar-refractivity contribution in [2.75, 3.05) is 64.0 Å². The van der Waals surface area contributed by atoms with Gasteiger partial charge >= 0.3 is 0 Å². The molecular formula is C25H47N5O2Si. The summed E-state index contributed by atoms with van der Waals surface area (Å²) in [5.74, 6) is 1.88. The van der Waals surface area contributed by atoms with E-state index in [1.165, 1.54) is 57.3 Å². The average molecular weight is 478 g/mol. The summed E-state index contributed by atoms with van der Waals surface area (Å²) in [5, 5.41) is 4.94. The van der Waals surface area contributed by atoms with E-state index in [9.17, 15) is 0 Å². The second-order valence-electron chi connectivity index (χ2n) is 12.3. The van der Waals surface area contributed by atoms with Gasteiger partial charge in [-0.2, -0.15) is 5.10 Å². The van der Waals surface area contributed by atoms with Crippen LogP contribution in [0.2, 0.25) is 25.7 Å². The van der Waals surface area contributed by atoms with E-state index in [-0.39, 0.29) is 5.54 Å². The van der Waals surface area contributed by atoms with Crippen LogP contribution in [0.5, 0.6) is 0 Å². The molecule has 0 radical (unpaired) electrons. The number of hydrogen-bond donors (Lipinski definition) is 0. The van der Waals surface area contributed by atoms with Crippen LogP contribution in [0.25, 0.3) is 0 Å². The zero-order valence-electron chi connectivity index (χ0n) is 22.0. The SMILES string of the molecule is Cc1cc(N2CCC(CN3CCN(C4COC4)CC3)CC2(C)C)nn1COCC[Si](C)(C)C. The summed E-state index contributed by atoms with van der Waals surface area (Å²) in [6, 6.07) is 4.13. The minimum atomic E-state index is -1.05. The van der Waals surface area contributed by atoms with E-state index < -0.39 is 8.07 Å². The summed E-state index contributed by atoms with van der Waals surface area (Å²) in [5.41, 5.74) is 1.31. The highest BCUT2D eigenvalue weighted by molar-refractivity contribution is 6.76. The van der Waals surface area contributed by atoms with E-state index in [2.05, 4.69) is 61.2 Å². The first kappa shape index (κ1) is 25.2. The van der Waals surface area contributed by atoms with Gasteiger partial charge in [0, 0.05) is 71.2 Å². The average Bonchev–Trinajstić information content (AvgIpc) is 3.04. The lowest BCUT2D eigenvalue weighted by Gasteiger charge is -2.48. The molecule has 3 aliphatic heterocycles. The van der Waals surface area contributed by atoms with Crippen LogP contribution in [0.1, 0.15) is 32.4 Å². The monoisotopic (exact) mass is 477 g/mol. The molecule has 0 aromatic carbocycles. The Balaban J connectivity index is 1.26. The molecule has 3 aliphatic rings. The molecule has 8 heteroatoms. The molecule has 4 rings (SSSR count). The minimum Gasteiger partial charge on any atom is -0.378 e. The summed E-state index contributed by atoms with van der Waals surface area (Å²) in [4.78, 5) is 7.85. The molecular weight excluding hydrogens is 430 g/mol. The summed E-state index contributed by atoms with van der Waals surface area (Å²) in [6.07, 6.45) is 2.47. The second kappa shape index (κ2) is 10.4. The van der Waals surface area contributed by atoms with E-state index in [0.717, 1.165) is 38.1 Å². The molecule has 0 amide bonds. The lowest BCUT2D eigenvalue weighted by molar-refractivity contribution is -0.0779. The van der Waals surface area contributed by atoms with Gasteiger partial charge in [0.2, 0.25) is 0 Å². The fourth-order valence-electron chi connectivity index (χ4n) is 5.51. The second-order valence-corrected chi connectivity index (χ2v) is 18.0. The van der Waals surface area contributed by atoms with Gasteiger partial charge in [-0.25, -0.2) is 4.68 Å². The lowest BCUT2D eigenvalue weighted by atomic mass is 9.82. The Morgan fingerprint density at radius 3 is 2.45 bits per heavy atom. The third-order valence-corrected chi connectivity index (χ3v) is 9.50. The van der Waals surface area contributed by atoms with Crippen LogP contribution >= 0.6 is 0 Å². The molecule has 0 spiro atoms. The molecule has 3 fully saturated rings. The summed E-state index contributed by atoms with van der Waals surface area (Å²) < 4.78 is 13.4. The molecule has 7 nitrogen and oxygen atoms in total. The molecule has 1 aromatic rings. The smallest absolute Gasteiger partial charge is 0.151 e. The molecule has 1 unspecified atom stereocenters. The zero-order chi connectivity index (χ0) is 23.6. The first-order valence-electron chi connectivity index (χ1n) is 13.0. The number of aryl methyl sites for hydroxylation is 1. The molecule has 0 saturated carbocycles. The van der Waals surface area contributed by atoms with Gasteiger partial charge in [0.15, 0.2) is 5.82 Å². The number of anilines is 1. The van der Waals surface area contributed by atoms with Crippen molar-refractivity contribution in [2.45, 2.75) is 77.6 Å². The first-order chi connectivity index (χ1) is 15.6. The highest BCUT2D eigenvalue weighted by atomic mass is 28.3. The van der Waals surface area contributed by atoms with Crippen LogP contribution in [0.15, 0.2) is 6.07 Å². The van der Waals surface area contributed by atoms with E-state index in [1.54, 1.807) is 0 Å². The molecule has 0 N–H and O–H groups in total. The van der Waals surface area contributed by atoms with Crippen molar-refractivity contribution >= 4 is 13.9 Å². The van der Waals surface area contributed by atoms with Gasteiger partial charge in [0.05, 0.1) is 19.3 Å². The number of hydrogen-bond acceptors (Lipinski definition) is 6. The molecule has 0 bridgehead atoms. The van der Waals surface area contributed by atoms with Crippen LogP contribution in [0.3, 0.4) is 0 Å². The Kier molecular flexibility index (Phi) is 7.90. The van der Waals surface area contributed by atoms with Gasteiger partial charge in [-0.05, 0) is 45.6 Å². The number of aromatic nitrogens is 2. The van der Waals surface area contributed by atoms with Crippen LogP contribution in [0.4, 0.5) is 5.82 Å². The molecule has 0 aliphatic carbocycles. The Morgan fingerprint density at radius 2 is 1.85 bits per heavy atom. The number of rotatable bonds is 9. The fraction of sp³-hybridized carbons (Fsp3) is 0.880. The predicted octanol–water partition coefficient (Wildman–Crippen LogP) is 3.52. The maximum absolute atomic E-state index is 5.96. The van der Waals surface area contributed by atoms with Crippen molar-refractivity contribution in [1.82, 2.24) is 19.6 Å². The normalized spacial score (nSPS) is 25.4. The van der Waals surface area contributed by atoms with Crippen LogP contribution in [-0.2, 0) is 16.2 Å². The van der Waals surface area contributed by atoms with E-state index in [1.807, 2.05) is 4.68 Å². The number of piperazine rings is 1. The van der Waals surface area contributed by atoms with Gasteiger partial charge in [-0.1, -0.05) is 19.6 Å². The summed E-state index contributed by atoms with van der Waals surface area (Å²) in [7, 11) is -1.05. The molecule has 1 aromatic heterocycles. The van der Waals surface area contributed by atoms with Gasteiger partial charge in [-0.15, -0.1) is 0 Å². The van der Waals surface area contributed by atoms with Gasteiger partial charge in [-0.3, -0.25) is 4.90 Å². The third-order valence-electron chi connectivity index (χ3n) is 7.79. The first-order valence-corrected chi connectivity index (χ1v) is 16.8. The lowest BCUT2D eigenvalue weighted by Crippen LogP contribution is -2.58. The van der Waals surface area contributed by atoms with E-state index in [4.69, 9.17) is 14.6 Å². The zero-order valence-corrected chi connectivity index (χ0v) is 23.0. The van der Waals surface area contributed by atoms with Crippen molar-refractivity contribution in [3.05, 3.63) is 11.8 Å². The Hall–Kier alpha value is -0.933. The van der Waals surface area contributed by atoms with E-state index >= 15 is 0 Å². The highest BCUT2D eigenvalue weighted by Crippen LogP contribution is 2.35. The van der Waals surface area contributed by atoms with Crippen molar-refractivity contribution in [3.63, 3.8) is 0 Å².